The van der Waals surface area contributed by atoms with Crippen LogP contribution in [-0.2, 0) is 44.1 Å². The summed E-state index contributed by atoms with van der Waals surface area (Å²) in [6.45, 7) is 27.8. The van der Waals surface area contributed by atoms with Crippen LogP contribution in [0, 0.1) is 23.3 Å². The van der Waals surface area contributed by atoms with Crippen molar-refractivity contribution in [1.29, 1.82) is 0 Å². The predicted molar refractivity (Wildman–Crippen MR) is 571 cm³/mol. The van der Waals surface area contributed by atoms with Crippen LogP contribution in [0.1, 0.15) is 130 Å². The topological polar surface area (TPSA) is 392 Å². The first kappa shape index (κ1) is 114. The highest BCUT2D eigenvalue weighted by molar-refractivity contribution is 7.93. The van der Waals surface area contributed by atoms with Gasteiger partial charge in [0.25, 0.3) is 20.1 Å². The fourth-order valence-corrected chi connectivity index (χ4v) is 15.5. The summed E-state index contributed by atoms with van der Waals surface area (Å²) in [6.07, 6.45) is 15.8. The highest BCUT2D eigenvalue weighted by atomic mass is 32.2. The maximum Gasteiger partial charge on any atom is 0.480 e. The van der Waals surface area contributed by atoms with Gasteiger partial charge in [-0.05, 0) is 287 Å². The van der Waals surface area contributed by atoms with E-state index in [1.165, 1.54) is 84.9 Å². The second-order valence-corrected chi connectivity index (χ2v) is 38.1. The molecular formula is C108H123BF4N14O16S2. The highest BCUT2D eigenvalue weighted by Crippen LogP contribution is 2.40. The van der Waals surface area contributed by atoms with Crippen molar-refractivity contribution >= 4 is 139 Å². The molecule has 7 N–H and O–H groups in total. The summed E-state index contributed by atoms with van der Waals surface area (Å²) in [6, 6.07) is 56.1. The second kappa shape index (κ2) is 53.4. The number of furan rings is 1. The number of ether oxygens (including phenoxy) is 1. The number of nitrogens with zero attached hydrogens (tertiary/aromatic N) is 13. The lowest BCUT2D eigenvalue weighted by Gasteiger charge is -2.33. The molecule has 7 aromatic heterocycles. The number of fused-ring (bicyclic) bond motifs is 1. The minimum atomic E-state index is -4.21. The van der Waals surface area contributed by atoms with Crippen LogP contribution in [0.15, 0.2) is 240 Å². The quantitative estimate of drug-likeness (QED) is 0.00951. The number of sulfonamides is 1. The number of carboxylic acids is 3. The maximum atomic E-state index is 13.2. The number of morpholine rings is 1. The summed E-state index contributed by atoms with van der Waals surface area (Å²) in [5.41, 5.74) is 13.6. The minimum absolute atomic E-state index is 0.138. The van der Waals surface area contributed by atoms with E-state index in [-0.39, 0.29) is 47.4 Å². The number of para-hydroxylation sites is 1. The van der Waals surface area contributed by atoms with E-state index in [0.717, 1.165) is 159 Å². The molecule has 2 saturated heterocycles. The highest BCUT2D eigenvalue weighted by Gasteiger charge is 2.28. The summed E-state index contributed by atoms with van der Waals surface area (Å²) >= 11 is 0. The Morgan fingerprint density at radius 1 is 0.469 bits per heavy atom. The zero-order valence-electron chi connectivity index (χ0n) is 83.9. The Kier molecular flexibility index (Phi) is 41.8. The van der Waals surface area contributed by atoms with Crippen LogP contribution >= 0.6 is 0 Å². The third-order valence-electron chi connectivity index (χ3n) is 23.2. The van der Waals surface area contributed by atoms with Crippen molar-refractivity contribution in [2.24, 2.45) is 0 Å². The minimum Gasteiger partial charge on any atom is -0.478 e. The number of nitrogens with one attached hydrogen (secondary N) is 1. The first-order valence-electron chi connectivity index (χ1n) is 46.6. The van der Waals surface area contributed by atoms with Gasteiger partial charge in [0.2, 0.25) is 5.91 Å². The Hall–Kier alpha value is -15.0. The Morgan fingerprint density at radius 2 is 0.862 bits per heavy atom. The molecule has 2 fully saturated rings. The van der Waals surface area contributed by atoms with E-state index in [0.29, 0.717) is 76.4 Å². The molecule has 145 heavy (non-hydrogen) atoms. The lowest BCUT2D eigenvalue weighted by Crippen LogP contribution is -2.38. The number of amides is 1. The van der Waals surface area contributed by atoms with Crippen LogP contribution in [0.5, 0.6) is 0 Å². The molecule has 0 spiro atoms. The third kappa shape index (κ3) is 34.7. The normalized spacial score (nSPS) is 13.2. The molecule has 14 rings (SSSR count). The summed E-state index contributed by atoms with van der Waals surface area (Å²) in [5, 5.41) is 46.9. The molecule has 1 unspecified atom stereocenters. The molecular weight excluding hydrogens is 1900 g/mol. The first-order valence-corrected chi connectivity index (χ1v) is 49.6. The molecule has 30 nitrogen and oxygen atoms in total. The van der Waals surface area contributed by atoms with Crippen LogP contribution in [0.4, 0.5) is 58.0 Å². The van der Waals surface area contributed by atoms with Crippen LogP contribution in [0.2, 0.25) is 0 Å². The largest absolute Gasteiger partial charge is 0.480 e. The first-order chi connectivity index (χ1) is 68.6. The van der Waals surface area contributed by atoms with Gasteiger partial charge in [0, 0.05) is 150 Å². The number of carbonyl (C=O) groups is 4. The SMILES string of the molecule is CC(=O)NS(=O)(=O)/C=C/c1ccc(-c2ccc(F)cc2)c(N(C)C(C)C)n1.CC(C)N(C)c1cc(/C=C/C(=O)O)cnc1-c1ccc(F)cc1.CC(C)N(C)c1nc(/C=C/B(O)O)ccc1-c1ccc(F)cc1.CC(C)N(C)c1nc(/C=C/C(=O)O)ccc1N1CCOCC1.CC(C)N(C)c1nc(/C=C/S(=O)(=O)O)ccc1-c1ccc(F)cc1.CC1CCCN1c1nc(/C=C/C(=O)O)ccc1-c1cc2ccccc2o1. The monoisotopic (exact) mass is 2020 g/mol. The van der Waals surface area contributed by atoms with Gasteiger partial charge in [-0.15, -0.1) is 0 Å². The molecule has 2 aliphatic heterocycles. The average Bonchev–Trinajstić information content (AvgIpc) is 1.62. The van der Waals surface area contributed by atoms with Gasteiger partial charge in [0.05, 0.1) is 75.1 Å². The summed E-state index contributed by atoms with van der Waals surface area (Å²) in [7, 11) is 0.0327. The smallest absolute Gasteiger partial charge is 0.478 e. The third-order valence-corrected chi connectivity index (χ3v) is 24.7. The Morgan fingerprint density at radius 3 is 1.28 bits per heavy atom. The van der Waals surface area contributed by atoms with E-state index in [2.05, 4.69) is 74.2 Å². The molecule has 0 bridgehead atoms. The zero-order chi connectivity index (χ0) is 106. The van der Waals surface area contributed by atoms with Crippen LogP contribution in [0.25, 0.3) is 103 Å². The van der Waals surface area contributed by atoms with E-state index in [4.69, 9.17) is 44.1 Å². The van der Waals surface area contributed by atoms with Gasteiger partial charge in [-0.25, -0.2) is 70.0 Å². The van der Waals surface area contributed by atoms with Crippen LogP contribution < -0.4 is 39.0 Å². The van der Waals surface area contributed by atoms with Crippen molar-refractivity contribution in [3.05, 3.63) is 293 Å². The molecule has 764 valence electrons. The fraction of sp³-hybridized carbons (Fsp3) is 0.278. The van der Waals surface area contributed by atoms with Crippen LogP contribution in [0.3, 0.4) is 0 Å². The number of hydrogen-bond donors (Lipinski definition) is 7. The van der Waals surface area contributed by atoms with Gasteiger partial charge in [-0.3, -0.25) is 14.3 Å². The number of anilines is 7. The van der Waals surface area contributed by atoms with E-state index >= 15 is 0 Å². The number of benzene rings is 5. The molecule has 0 radical (unpaired) electrons. The standard InChI is InChI=1S/C21H20N2O3.C19H22FN3O3S.C18H19FN2O2.C17H20BFN2O2.C17H19FN2O3S.C16H23N3O3/c1-14-5-4-12-23(14)21-17(10-8-16(22-21)9-11-20(24)25)19-13-15-6-2-3-7-18(15)26-19;1-13(2)23(4)19-18(15-5-7-16(20)8-6-15)10-9-17(21-19)11-12-27(25,26)22-14(3)24;1-12(2)21(3)16-10-13(4-9-17(22)23)11-20-18(16)14-5-7-15(19)8-6-14;1-12(2)21(3)17-16(13-4-6-14(19)7-5-13)9-8-15(20-17)10-11-18(22)23;1-12(2)20(3)17-16(13-4-6-14(18)7-5-13)9-8-15(19-17)10-11-24(21,22)23;1-12(2)18(3)16-14(19-8-10-22-11-9-19)6-4-13(17-16)5-7-15(20)21/h2-3,6-11,13-14H,4-5,12H2,1H3,(H,24,25);5-13H,1-4H3,(H,22,24);4-12H,1-3H3,(H,22,23);4-12,22-23H,1-3H3;4-12H,1-3H3,(H,21,22,23);4-7,12H,8-11H2,1-3H3,(H,20,21)/b11-9+;12-11+;9-4+;2*11-10+;7-5+. The number of carbonyl (C=O) groups excluding carboxylic acids is 1. The predicted octanol–water partition coefficient (Wildman–Crippen LogP) is 19.8. The van der Waals surface area contributed by atoms with E-state index in [1.807, 2.05) is 168 Å². The molecule has 37 heteroatoms. The molecule has 1 amide bonds. The van der Waals surface area contributed by atoms with E-state index in [1.54, 1.807) is 91.1 Å². The number of aliphatic carboxylic acids is 3. The molecule has 0 saturated carbocycles. The Balaban J connectivity index is 0.000000194. The number of pyridine rings is 6. The van der Waals surface area contributed by atoms with Crippen molar-refractivity contribution in [2.45, 2.75) is 132 Å². The Labute approximate surface area is 844 Å². The van der Waals surface area contributed by atoms with Crippen LogP contribution in [-0.4, -0.2) is 212 Å². The number of rotatable bonds is 30. The number of aromatic nitrogens is 6. The molecule has 0 aliphatic carbocycles. The second-order valence-electron chi connectivity index (χ2n) is 35.2. The van der Waals surface area contributed by atoms with Crippen molar-refractivity contribution < 1.29 is 92.6 Å². The summed E-state index contributed by atoms with van der Waals surface area (Å²) < 4.78 is 120. The number of hydrogen-bond acceptors (Lipinski definition) is 25. The molecule has 2 aliphatic rings. The average molecular weight is 2020 g/mol. The molecule has 12 aromatic rings. The van der Waals surface area contributed by atoms with E-state index in [9.17, 15) is 53.6 Å². The summed E-state index contributed by atoms with van der Waals surface area (Å²) in [4.78, 5) is 85.1. The fourth-order valence-electron chi connectivity index (χ4n) is 14.4. The van der Waals surface area contributed by atoms with Crippen molar-refractivity contribution in [2.75, 3.05) is 102 Å². The van der Waals surface area contributed by atoms with Gasteiger partial charge in [0.1, 0.15) is 57.9 Å². The zero-order valence-corrected chi connectivity index (χ0v) is 85.5. The number of carboxylic acid groups (broad SMARTS) is 3. The van der Waals surface area contributed by atoms with Crippen molar-refractivity contribution in [3.63, 3.8) is 0 Å². The van der Waals surface area contributed by atoms with Gasteiger partial charge in [-0.2, -0.15) is 8.42 Å². The van der Waals surface area contributed by atoms with Gasteiger partial charge >= 0.3 is 25.0 Å². The molecule has 1 atom stereocenters. The van der Waals surface area contributed by atoms with Crippen molar-refractivity contribution in [1.82, 2.24) is 34.6 Å². The van der Waals surface area contributed by atoms with E-state index < -0.39 is 51.1 Å². The number of halogens is 4. The van der Waals surface area contributed by atoms with Crippen molar-refractivity contribution in [3.8, 4) is 56.0 Å². The van der Waals surface area contributed by atoms with Gasteiger partial charge in [-0.1, -0.05) is 60.6 Å². The molecule has 5 aromatic carbocycles. The molecule has 9 heterocycles. The lowest BCUT2D eigenvalue weighted by atomic mass is 9.91. The lowest BCUT2D eigenvalue weighted by molar-refractivity contribution is -0.132. The summed E-state index contributed by atoms with van der Waals surface area (Å²) in [5.74, 6) is 0.905. The Bertz CT molecular complexity index is 6820. The maximum absolute atomic E-state index is 13.2. The van der Waals surface area contributed by atoms with Gasteiger partial charge < -0.3 is 68.8 Å². The van der Waals surface area contributed by atoms with Gasteiger partial charge in [0.15, 0.2) is 5.82 Å².